The predicted molar refractivity (Wildman–Crippen MR) is 67.9 cm³/mol. The van der Waals surface area contributed by atoms with E-state index in [4.69, 9.17) is 5.73 Å². The van der Waals surface area contributed by atoms with Crippen LogP contribution in [0.15, 0.2) is 24.3 Å². The third kappa shape index (κ3) is 1.39. The Morgan fingerprint density at radius 3 is 2.71 bits per heavy atom. The standard InChI is InChI=1S/C14H20N2O/c15-8-13(14(17)9-16-10-14)7-3-5-11-4-1-2-6-12(11)13/h1-2,4,6,16-17H,3,5,7-10,15H2. The average molecular weight is 232 g/mol. The van der Waals surface area contributed by atoms with Gasteiger partial charge in [-0.05, 0) is 30.4 Å². The van der Waals surface area contributed by atoms with Crippen molar-refractivity contribution in [2.75, 3.05) is 19.6 Å². The summed E-state index contributed by atoms with van der Waals surface area (Å²) in [6.07, 6.45) is 3.23. The van der Waals surface area contributed by atoms with E-state index in [1.807, 2.05) is 0 Å². The van der Waals surface area contributed by atoms with Crippen molar-refractivity contribution in [1.29, 1.82) is 0 Å². The van der Waals surface area contributed by atoms with Crippen LogP contribution in [-0.2, 0) is 11.8 Å². The first-order chi connectivity index (χ1) is 8.22. The Morgan fingerprint density at radius 2 is 2.06 bits per heavy atom. The number of hydrogen-bond donors (Lipinski definition) is 3. The van der Waals surface area contributed by atoms with Crippen molar-refractivity contribution in [3.8, 4) is 0 Å². The molecule has 1 atom stereocenters. The van der Waals surface area contributed by atoms with E-state index in [0.29, 0.717) is 19.6 Å². The number of nitrogens with one attached hydrogen (secondary N) is 1. The molecule has 3 nitrogen and oxygen atoms in total. The molecule has 0 amide bonds. The van der Waals surface area contributed by atoms with Gasteiger partial charge in [0.05, 0.1) is 0 Å². The van der Waals surface area contributed by atoms with E-state index in [1.54, 1.807) is 0 Å². The van der Waals surface area contributed by atoms with Gasteiger partial charge in [0.25, 0.3) is 0 Å². The second-order valence-electron chi connectivity index (χ2n) is 5.43. The molecule has 1 aliphatic carbocycles. The summed E-state index contributed by atoms with van der Waals surface area (Å²) in [6.45, 7) is 1.86. The van der Waals surface area contributed by atoms with Crippen molar-refractivity contribution in [2.24, 2.45) is 5.73 Å². The summed E-state index contributed by atoms with van der Waals surface area (Å²) in [7, 11) is 0. The minimum Gasteiger partial charge on any atom is -0.386 e. The molecule has 0 spiro atoms. The first-order valence-corrected chi connectivity index (χ1v) is 6.43. The number of aryl methyl sites for hydroxylation is 1. The molecule has 0 radical (unpaired) electrons. The maximum absolute atomic E-state index is 10.8. The minimum atomic E-state index is -0.654. The van der Waals surface area contributed by atoms with Crippen molar-refractivity contribution < 1.29 is 5.11 Å². The molecule has 1 aromatic carbocycles. The van der Waals surface area contributed by atoms with Crippen molar-refractivity contribution in [3.63, 3.8) is 0 Å². The second-order valence-corrected chi connectivity index (χ2v) is 5.43. The zero-order chi connectivity index (χ0) is 11.9. The van der Waals surface area contributed by atoms with Crippen LogP contribution in [0.2, 0.25) is 0 Å². The molecule has 0 aromatic heterocycles. The first kappa shape index (κ1) is 11.2. The van der Waals surface area contributed by atoms with Crippen LogP contribution < -0.4 is 11.1 Å². The van der Waals surface area contributed by atoms with E-state index in [1.165, 1.54) is 11.1 Å². The summed E-state index contributed by atoms with van der Waals surface area (Å²) >= 11 is 0. The van der Waals surface area contributed by atoms with Gasteiger partial charge in [0, 0.05) is 25.0 Å². The van der Waals surface area contributed by atoms with Crippen LogP contribution >= 0.6 is 0 Å². The molecular weight excluding hydrogens is 212 g/mol. The molecule has 1 aliphatic heterocycles. The number of hydrogen-bond acceptors (Lipinski definition) is 3. The lowest BCUT2D eigenvalue weighted by Gasteiger charge is -2.55. The highest BCUT2D eigenvalue weighted by Gasteiger charge is 2.55. The van der Waals surface area contributed by atoms with Gasteiger partial charge in [-0.3, -0.25) is 0 Å². The monoisotopic (exact) mass is 232 g/mol. The van der Waals surface area contributed by atoms with Crippen LogP contribution in [0.5, 0.6) is 0 Å². The van der Waals surface area contributed by atoms with Crippen molar-refractivity contribution >= 4 is 0 Å². The Bertz CT molecular complexity index is 428. The van der Waals surface area contributed by atoms with E-state index in [-0.39, 0.29) is 5.41 Å². The summed E-state index contributed by atoms with van der Waals surface area (Å²) in [5.41, 5.74) is 7.80. The molecule has 3 rings (SSSR count). The Hall–Kier alpha value is -0.900. The van der Waals surface area contributed by atoms with Gasteiger partial charge >= 0.3 is 0 Å². The normalized spacial score (nSPS) is 30.5. The van der Waals surface area contributed by atoms with Gasteiger partial charge < -0.3 is 16.2 Å². The molecule has 0 bridgehead atoms. The Balaban J connectivity index is 2.12. The van der Waals surface area contributed by atoms with E-state index < -0.39 is 5.60 Å². The molecule has 1 aromatic rings. The summed E-state index contributed by atoms with van der Waals surface area (Å²) in [6, 6.07) is 8.46. The molecular formula is C14H20N2O. The van der Waals surface area contributed by atoms with Crippen molar-refractivity contribution in [2.45, 2.75) is 30.3 Å². The highest BCUT2D eigenvalue weighted by molar-refractivity contribution is 5.41. The lowest BCUT2D eigenvalue weighted by molar-refractivity contribution is -0.0841. The summed E-state index contributed by atoms with van der Waals surface area (Å²) < 4.78 is 0. The Morgan fingerprint density at radius 1 is 1.29 bits per heavy atom. The Labute approximate surface area is 102 Å². The molecule has 1 unspecified atom stereocenters. The van der Waals surface area contributed by atoms with Crippen molar-refractivity contribution in [1.82, 2.24) is 5.32 Å². The molecule has 1 fully saturated rings. The maximum Gasteiger partial charge on any atom is 0.100 e. The summed E-state index contributed by atoms with van der Waals surface area (Å²) in [5, 5.41) is 14.0. The fourth-order valence-electron chi connectivity index (χ4n) is 3.51. The lowest BCUT2D eigenvalue weighted by Crippen LogP contribution is -2.72. The number of nitrogens with two attached hydrogens (primary N) is 1. The third-order valence-corrected chi connectivity index (χ3v) is 4.66. The van der Waals surface area contributed by atoms with Crippen LogP contribution in [0, 0.1) is 0 Å². The molecule has 92 valence electrons. The van der Waals surface area contributed by atoms with Crippen LogP contribution in [0.1, 0.15) is 24.0 Å². The summed E-state index contributed by atoms with van der Waals surface area (Å²) in [5.74, 6) is 0. The molecule has 1 heterocycles. The number of rotatable bonds is 2. The fourth-order valence-corrected chi connectivity index (χ4v) is 3.51. The van der Waals surface area contributed by atoms with Gasteiger partial charge in [0.15, 0.2) is 0 Å². The molecule has 0 saturated carbocycles. The van der Waals surface area contributed by atoms with Gasteiger partial charge in [-0.2, -0.15) is 0 Å². The largest absolute Gasteiger partial charge is 0.386 e. The van der Waals surface area contributed by atoms with E-state index in [0.717, 1.165) is 19.3 Å². The highest BCUT2D eigenvalue weighted by Crippen LogP contribution is 2.45. The zero-order valence-corrected chi connectivity index (χ0v) is 10.1. The van der Waals surface area contributed by atoms with Gasteiger partial charge in [-0.1, -0.05) is 24.3 Å². The zero-order valence-electron chi connectivity index (χ0n) is 10.1. The van der Waals surface area contributed by atoms with Gasteiger partial charge in [-0.15, -0.1) is 0 Å². The average Bonchev–Trinajstić information content (AvgIpc) is 2.35. The minimum absolute atomic E-state index is 0.243. The number of fused-ring (bicyclic) bond motifs is 1. The topological polar surface area (TPSA) is 58.3 Å². The maximum atomic E-state index is 10.8. The number of β-amino-alcohol motifs (C(OH)–C–C–N with tert-alkyl or cyclic N) is 1. The van der Waals surface area contributed by atoms with Crippen LogP contribution in [-0.4, -0.2) is 30.3 Å². The smallest absolute Gasteiger partial charge is 0.100 e. The van der Waals surface area contributed by atoms with Gasteiger partial charge in [0.1, 0.15) is 5.60 Å². The van der Waals surface area contributed by atoms with Crippen molar-refractivity contribution in [3.05, 3.63) is 35.4 Å². The Kier molecular flexibility index (Phi) is 2.51. The lowest BCUT2D eigenvalue weighted by atomic mass is 9.58. The van der Waals surface area contributed by atoms with Crippen LogP contribution in [0.3, 0.4) is 0 Å². The van der Waals surface area contributed by atoms with Gasteiger partial charge in [-0.25, -0.2) is 0 Å². The molecule has 1 saturated heterocycles. The van der Waals surface area contributed by atoms with E-state index in [2.05, 4.69) is 29.6 Å². The summed E-state index contributed by atoms with van der Waals surface area (Å²) in [4.78, 5) is 0. The van der Waals surface area contributed by atoms with Crippen LogP contribution in [0.25, 0.3) is 0 Å². The highest BCUT2D eigenvalue weighted by atomic mass is 16.3. The van der Waals surface area contributed by atoms with Gasteiger partial charge in [0.2, 0.25) is 0 Å². The number of benzene rings is 1. The van der Waals surface area contributed by atoms with E-state index in [9.17, 15) is 5.11 Å². The molecule has 2 aliphatic rings. The number of aliphatic hydroxyl groups is 1. The SMILES string of the molecule is NCC1(C2(O)CNC2)CCCc2ccccc21. The quantitative estimate of drug-likeness (QED) is 0.698. The fraction of sp³-hybridized carbons (Fsp3) is 0.571. The van der Waals surface area contributed by atoms with E-state index >= 15 is 0 Å². The van der Waals surface area contributed by atoms with Crippen LogP contribution in [0.4, 0.5) is 0 Å². The third-order valence-electron chi connectivity index (χ3n) is 4.66. The predicted octanol–water partition coefficient (Wildman–Crippen LogP) is 0.554. The first-order valence-electron chi connectivity index (χ1n) is 6.43. The molecule has 4 N–H and O–H groups in total. The molecule has 3 heteroatoms. The second kappa shape index (κ2) is 3.80. The molecule has 17 heavy (non-hydrogen) atoms.